The summed E-state index contributed by atoms with van der Waals surface area (Å²) in [7, 11) is 3.03. The summed E-state index contributed by atoms with van der Waals surface area (Å²) in [4.78, 5) is 29.5. The van der Waals surface area contributed by atoms with E-state index in [2.05, 4.69) is 15.5 Å². The number of aryl methyl sites for hydroxylation is 1. The highest BCUT2D eigenvalue weighted by molar-refractivity contribution is 5.77. The number of anilines is 1. The van der Waals surface area contributed by atoms with E-state index in [4.69, 9.17) is 4.42 Å². The van der Waals surface area contributed by atoms with E-state index >= 15 is 0 Å². The Morgan fingerprint density at radius 2 is 1.89 bits per heavy atom. The third-order valence-electron chi connectivity index (χ3n) is 4.43. The third kappa shape index (κ3) is 3.02. The topological polar surface area (TPSA) is 99.3 Å². The average molecular weight is 378 g/mol. The minimum atomic E-state index is -0.438. The number of aromatic nitrogens is 4. The summed E-state index contributed by atoms with van der Waals surface area (Å²) in [6.07, 6.45) is 3.05. The Bertz CT molecular complexity index is 1260. The maximum atomic E-state index is 12.8. The van der Waals surface area contributed by atoms with Crippen molar-refractivity contribution >= 4 is 23.3 Å². The van der Waals surface area contributed by atoms with E-state index in [1.807, 2.05) is 30.3 Å². The van der Waals surface area contributed by atoms with Crippen molar-refractivity contribution in [3.05, 3.63) is 80.9 Å². The van der Waals surface area contributed by atoms with E-state index in [1.165, 1.54) is 17.8 Å². The van der Waals surface area contributed by atoms with E-state index in [1.54, 1.807) is 30.0 Å². The van der Waals surface area contributed by atoms with Crippen LogP contribution in [0, 0.1) is 0 Å². The van der Waals surface area contributed by atoms with Crippen LogP contribution in [0.1, 0.15) is 11.3 Å². The van der Waals surface area contributed by atoms with E-state index < -0.39 is 11.2 Å². The molecule has 0 radical (unpaired) electrons. The second kappa shape index (κ2) is 7.03. The number of nitrogens with one attached hydrogen (secondary N) is 1. The van der Waals surface area contributed by atoms with Crippen molar-refractivity contribution < 1.29 is 4.42 Å². The maximum Gasteiger partial charge on any atom is 0.332 e. The van der Waals surface area contributed by atoms with E-state index in [9.17, 15) is 9.59 Å². The zero-order chi connectivity index (χ0) is 19.7. The highest BCUT2D eigenvalue weighted by Gasteiger charge is 2.19. The van der Waals surface area contributed by atoms with Crippen LogP contribution >= 0.6 is 0 Å². The number of furan rings is 1. The number of nitrogens with zero attached hydrogens (tertiary/aromatic N) is 5. The lowest BCUT2D eigenvalue weighted by molar-refractivity contribution is 0.560. The minimum absolute atomic E-state index is 0.291. The number of imidazole rings is 1. The summed E-state index contributed by atoms with van der Waals surface area (Å²) in [5, 5.41) is 4.14. The second-order valence-electron chi connectivity index (χ2n) is 6.27. The van der Waals surface area contributed by atoms with Crippen molar-refractivity contribution in [2.24, 2.45) is 19.2 Å². The highest BCUT2D eigenvalue weighted by atomic mass is 16.3. The molecule has 4 rings (SSSR count). The molecule has 142 valence electrons. The first kappa shape index (κ1) is 17.5. The molecule has 1 aromatic carbocycles. The van der Waals surface area contributed by atoms with Crippen LogP contribution in [0.4, 0.5) is 5.95 Å². The molecule has 0 spiro atoms. The van der Waals surface area contributed by atoms with Crippen molar-refractivity contribution in [1.82, 2.24) is 18.7 Å². The molecule has 0 atom stereocenters. The molecule has 0 unspecified atom stereocenters. The van der Waals surface area contributed by atoms with Gasteiger partial charge in [0.05, 0.1) is 19.0 Å². The number of hydrogen-bond donors (Lipinski definition) is 1. The molecule has 3 aromatic heterocycles. The van der Waals surface area contributed by atoms with Crippen LogP contribution in [-0.4, -0.2) is 24.9 Å². The lowest BCUT2D eigenvalue weighted by atomic mass is 10.2. The summed E-state index contributed by atoms with van der Waals surface area (Å²) in [6.45, 7) is 0.392. The first-order valence-corrected chi connectivity index (χ1v) is 8.59. The molecule has 28 heavy (non-hydrogen) atoms. The lowest BCUT2D eigenvalue weighted by Crippen LogP contribution is -2.37. The van der Waals surface area contributed by atoms with E-state index in [0.29, 0.717) is 29.4 Å². The van der Waals surface area contributed by atoms with Gasteiger partial charge in [-0.1, -0.05) is 30.3 Å². The largest absolute Gasteiger partial charge is 0.463 e. The van der Waals surface area contributed by atoms with Crippen molar-refractivity contribution in [3.63, 3.8) is 0 Å². The van der Waals surface area contributed by atoms with Gasteiger partial charge >= 0.3 is 5.69 Å². The standard InChI is InChI=1S/C19H18N6O3/c1-23-16-15(17(26)24(2)19(23)27)25(12-13-7-4-3-5-8-13)18(21-16)22-20-11-14-9-6-10-28-14/h3-11H,12H2,1-2H3,(H,21,22)/b20-11+. The van der Waals surface area contributed by atoms with Crippen molar-refractivity contribution in [2.45, 2.75) is 6.54 Å². The zero-order valence-electron chi connectivity index (χ0n) is 15.4. The number of benzene rings is 1. The molecule has 0 saturated carbocycles. The van der Waals surface area contributed by atoms with Gasteiger partial charge in [-0.05, 0) is 17.7 Å². The first-order chi connectivity index (χ1) is 13.6. The Labute approximate surface area is 159 Å². The highest BCUT2D eigenvalue weighted by Crippen LogP contribution is 2.18. The molecule has 0 saturated heterocycles. The number of hydrogen-bond acceptors (Lipinski definition) is 6. The molecule has 1 N–H and O–H groups in total. The maximum absolute atomic E-state index is 12.8. The molecule has 4 aromatic rings. The average Bonchev–Trinajstić information content (AvgIpc) is 3.34. The molecule has 0 bridgehead atoms. The molecular weight excluding hydrogens is 360 g/mol. The Hall–Kier alpha value is -3.88. The van der Waals surface area contributed by atoms with Crippen molar-refractivity contribution in [2.75, 3.05) is 5.43 Å². The fraction of sp³-hybridized carbons (Fsp3) is 0.158. The van der Waals surface area contributed by atoms with Gasteiger partial charge in [-0.2, -0.15) is 10.1 Å². The van der Waals surface area contributed by atoms with Gasteiger partial charge < -0.3 is 4.42 Å². The Morgan fingerprint density at radius 1 is 1.11 bits per heavy atom. The van der Waals surface area contributed by atoms with Crippen LogP contribution in [0.3, 0.4) is 0 Å². The fourth-order valence-electron chi connectivity index (χ4n) is 2.97. The number of rotatable bonds is 5. The van der Waals surface area contributed by atoms with Gasteiger partial charge in [0.15, 0.2) is 11.2 Å². The summed E-state index contributed by atoms with van der Waals surface area (Å²) in [5.41, 5.74) is 3.60. The zero-order valence-corrected chi connectivity index (χ0v) is 15.4. The van der Waals surface area contributed by atoms with Gasteiger partial charge in [0.2, 0.25) is 5.95 Å². The minimum Gasteiger partial charge on any atom is -0.463 e. The smallest absolute Gasteiger partial charge is 0.332 e. The van der Waals surface area contributed by atoms with Crippen molar-refractivity contribution in [3.8, 4) is 0 Å². The molecule has 0 aliphatic heterocycles. The van der Waals surface area contributed by atoms with Gasteiger partial charge in [0.25, 0.3) is 5.56 Å². The predicted octanol–water partition coefficient (Wildman–Crippen LogP) is 1.52. The van der Waals surface area contributed by atoms with Crippen LogP contribution in [0.2, 0.25) is 0 Å². The molecular formula is C19H18N6O3. The lowest BCUT2D eigenvalue weighted by Gasteiger charge is -2.09. The summed E-state index contributed by atoms with van der Waals surface area (Å²) in [6, 6.07) is 13.2. The third-order valence-corrected chi connectivity index (χ3v) is 4.43. The summed E-state index contributed by atoms with van der Waals surface area (Å²) < 4.78 is 9.34. The predicted molar refractivity (Wildman–Crippen MR) is 106 cm³/mol. The Morgan fingerprint density at radius 3 is 2.61 bits per heavy atom. The summed E-state index contributed by atoms with van der Waals surface area (Å²) in [5.74, 6) is 0.918. The SMILES string of the molecule is Cn1c(=O)c2c(nc(N/N=C/c3ccco3)n2Cc2ccccc2)n(C)c1=O. The van der Waals surface area contributed by atoms with Gasteiger partial charge in [-0.3, -0.25) is 18.5 Å². The molecule has 0 aliphatic rings. The monoisotopic (exact) mass is 378 g/mol. The van der Waals surface area contributed by atoms with E-state index in [-0.39, 0.29) is 0 Å². The Kier molecular flexibility index (Phi) is 4.40. The van der Waals surface area contributed by atoms with E-state index in [0.717, 1.165) is 10.1 Å². The molecule has 3 heterocycles. The Balaban J connectivity index is 1.86. The molecule has 9 heteroatoms. The number of fused-ring (bicyclic) bond motifs is 1. The molecule has 0 aliphatic carbocycles. The first-order valence-electron chi connectivity index (χ1n) is 8.59. The quantitative estimate of drug-likeness (QED) is 0.419. The van der Waals surface area contributed by atoms with Crippen molar-refractivity contribution in [1.29, 1.82) is 0 Å². The summed E-state index contributed by atoms with van der Waals surface area (Å²) >= 11 is 0. The van der Waals surface area contributed by atoms with Crippen LogP contribution < -0.4 is 16.7 Å². The molecule has 0 fully saturated rings. The normalized spacial score (nSPS) is 11.5. The molecule has 9 nitrogen and oxygen atoms in total. The fourth-order valence-corrected chi connectivity index (χ4v) is 2.97. The second-order valence-corrected chi connectivity index (χ2v) is 6.27. The van der Waals surface area contributed by atoms with Crippen LogP contribution in [0.5, 0.6) is 0 Å². The van der Waals surface area contributed by atoms with Crippen LogP contribution in [0.15, 0.2) is 67.8 Å². The van der Waals surface area contributed by atoms with Gasteiger partial charge in [-0.15, -0.1) is 0 Å². The van der Waals surface area contributed by atoms with Gasteiger partial charge in [-0.25, -0.2) is 10.2 Å². The number of hydrazone groups is 1. The van der Waals surface area contributed by atoms with Crippen LogP contribution in [-0.2, 0) is 20.6 Å². The van der Waals surface area contributed by atoms with Gasteiger partial charge in [0, 0.05) is 14.1 Å². The van der Waals surface area contributed by atoms with Crippen LogP contribution in [0.25, 0.3) is 11.2 Å². The van der Waals surface area contributed by atoms with Gasteiger partial charge in [0.1, 0.15) is 5.76 Å². The molecule has 0 amide bonds.